The first kappa shape index (κ1) is 13.7. The molecule has 1 rings (SSSR count). The average Bonchev–Trinajstić information content (AvgIpc) is 2.28. The molecule has 1 aromatic carbocycles. The maximum absolute atomic E-state index is 10.9. The van der Waals surface area contributed by atoms with Gasteiger partial charge >= 0.3 is 0 Å². The second-order valence-electron chi connectivity index (χ2n) is 4.92. The molecule has 0 unspecified atom stereocenters. The van der Waals surface area contributed by atoms with Crippen molar-refractivity contribution in [1.29, 1.82) is 0 Å². The third-order valence-corrected chi connectivity index (χ3v) is 2.79. The summed E-state index contributed by atoms with van der Waals surface area (Å²) in [6.07, 6.45) is 0. The van der Waals surface area contributed by atoms with E-state index in [1.807, 2.05) is 18.2 Å². The van der Waals surface area contributed by atoms with Gasteiger partial charge in [-0.1, -0.05) is 26.0 Å². The Morgan fingerprint density at radius 3 is 2.71 bits per heavy atom. The lowest BCUT2D eigenvalue weighted by atomic mass is 9.84. The van der Waals surface area contributed by atoms with Crippen molar-refractivity contribution in [2.45, 2.75) is 26.2 Å². The number of carbonyl (C=O) groups excluding carboxylic acids is 1. The number of benzene rings is 1. The summed E-state index contributed by atoms with van der Waals surface area (Å²) in [5.74, 6) is 1.02. The number of hydrogen-bond acceptors (Lipinski definition) is 3. The maximum atomic E-state index is 10.9. The molecule has 94 valence electrons. The van der Waals surface area contributed by atoms with E-state index in [-0.39, 0.29) is 11.2 Å². The second kappa shape index (κ2) is 5.82. The zero-order chi connectivity index (χ0) is 12.9. The predicted octanol–water partition coefficient (Wildman–Crippen LogP) is 2.15. The minimum absolute atomic E-state index is 0.0238. The fraction of sp³-hybridized carbons (Fsp3) is 0.500. The van der Waals surface area contributed by atoms with Crippen LogP contribution in [0.4, 0.5) is 0 Å². The summed E-state index contributed by atoms with van der Waals surface area (Å²) in [4.78, 5) is 10.9. The quantitative estimate of drug-likeness (QED) is 0.821. The van der Waals surface area contributed by atoms with E-state index >= 15 is 0 Å². The molecule has 3 nitrogen and oxygen atoms in total. The second-order valence-corrected chi connectivity index (χ2v) is 4.92. The van der Waals surface area contributed by atoms with Crippen LogP contribution in [-0.4, -0.2) is 26.0 Å². The highest BCUT2D eigenvalue weighted by atomic mass is 16.5. The van der Waals surface area contributed by atoms with Crippen LogP contribution in [0.25, 0.3) is 0 Å². The van der Waals surface area contributed by atoms with E-state index in [2.05, 4.69) is 25.2 Å². The highest BCUT2D eigenvalue weighted by Gasteiger charge is 2.20. The Kier molecular flexibility index (Phi) is 4.70. The number of ether oxygens (including phenoxy) is 1. The number of nitrogens with one attached hydrogen (secondary N) is 1. The van der Waals surface area contributed by atoms with Crippen LogP contribution in [0.1, 0.15) is 26.3 Å². The minimum atomic E-state index is -0.0238. The van der Waals surface area contributed by atoms with Crippen molar-refractivity contribution in [3.63, 3.8) is 0 Å². The molecule has 0 aliphatic heterocycles. The van der Waals surface area contributed by atoms with Crippen LogP contribution in [0.15, 0.2) is 24.3 Å². The Labute approximate surface area is 103 Å². The molecule has 0 amide bonds. The summed E-state index contributed by atoms with van der Waals surface area (Å²) in [7, 11) is 1.67. The van der Waals surface area contributed by atoms with Crippen LogP contribution in [-0.2, 0) is 10.2 Å². The van der Waals surface area contributed by atoms with Gasteiger partial charge in [-0.2, -0.15) is 0 Å². The van der Waals surface area contributed by atoms with Crippen molar-refractivity contribution in [3.05, 3.63) is 29.8 Å². The molecule has 1 N–H and O–H groups in total. The van der Waals surface area contributed by atoms with Crippen LogP contribution in [0.3, 0.4) is 0 Å². The summed E-state index contributed by atoms with van der Waals surface area (Å²) < 4.78 is 5.22. The van der Waals surface area contributed by atoms with Gasteiger partial charge < -0.3 is 10.1 Å². The summed E-state index contributed by atoms with van der Waals surface area (Å²) in [6, 6.07) is 8.04. The summed E-state index contributed by atoms with van der Waals surface area (Å²) in [5.41, 5.74) is 1.18. The molecule has 17 heavy (non-hydrogen) atoms. The molecular weight excluding hydrogens is 214 g/mol. The van der Waals surface area contributed by atoms with E-state index in [1.165, 1.54) is 5.56 Å². The first-order valence-electron chi connectivity index (χ1n) is 5.80. The highest BCUT2D eigenvalue weighted by molar-refractivity contribution is 5.77. The Hall–Kier alpha value is -1.35. The van der Waals surface area contributed by atoms with E-state index in [4.69, 9.17) is 4.74 Å². The molecule has 0 fully saturated rings. The van der Waals surface area contributed by atoms with Gasteiger partial charge in [0.15, 0.2) is 0 Å². The number of hydrogen-bond donors (Lipinski definition) is 1. The van der Waals surface area contributed by atoms with Gasteiger partial charge in [-0.15, -0.1) is 0 Å². The molecule has 0 spiro atoms. The van der Waals surface area contributed by atoms with Crippen LogP contribution in [0.5, 0.6) is 5.75 Å². The number of Topliss-reactive ketones (excluding diaryl/α,β-unsaturated/α-hetero) is 1. The van der Waals surface area contributed by atoms with Crippen molar-refractivity contribution in [1.82, 2.24) is 5.32 Å². The number of methoxy groups -OCH3 is 1. The standard InChI is InChI=1S/C14H21NO2/c1-11(16)9-15-10-14(2,3)12-6-5-7-13(8-12)17-4/h5-8,15H,9-10H2,1-4H3. The van der Waals surface area contributed by atoms with Crippen molar-refractivity contribution >= 4 is 5.78 Å². The molecule has 0 saturated carbocycles. The van der Waals surface area contributed by atoms with E-state index in [0.717, 1.165) is 12.3 Å². The average molecular weight is 235 g/mol. The molecule has 1 aromatic rings. The zero-order valence-corrected chi connectivity index (χ0v) is 11.0. The van der Waals surface area contributed by atoms with E-state index in [0.29, 0.717) is 6.54 Å². The molecule has 0 bridgehead atoms. The van der Waals surface area contributed by atoms with Crippen molar-refractivity contribution in [3.8, 4) is 5.75 Å². The zero-order valence-electron chi connectivity index (χ0n) is 11.0. The maximum Gasteiger partial charge on any atom is 0.143 e. The van der Waals surface area contributed by atoms with Gasteiger partial charge in [0.2, 0.25) is 0 Å². The summed E-state index contributed by atoms with van der Waals surface area (Å²) >= 11 is 0. The molecule has 3 heteroatoms. The fourth-order valence-corrected chi connectivity index (χ4v) is 1.70. The van der Waals surface area contributed by atoms with E-state index < -0.39 is 0 Å². The van der Waals surface area contributed by atoms with Gasteiger partial charge in [0.1, 0.15) is 11.5 Å². The Balaban J connectivity index is 2.70. The van der Waals surface area contributed by atoms with Gasteiger partial charge in [-0.3, -0.25) is 4.79 Å². The molecule has 0 heterocycles. The normalized spacial score (nSPS) is 11.3. The van der Waals surface area contributed by atoms with Gasteiger partial charge in [-0.05, 0) is 24.6 Å². The largest absolute Gasteiger partial charge is 0.497 e. The smallest absolute Gasteiger partial charge is 0.143 e. The van der Waals surface area contributed by atoms with Crippen LogP contribution < -0.4 is 10.1 Å². The Morgan fingerprint density at radius 2 is 2.12 bits per heavy atom. The number of carbonyl (C=O) groups is 1. The molecule has 0 aromatic heterocycles. The third kappa shape index (κ3) is 4.19. The molecular formula is C14H21NO2. The van der Waals surface area contributed by atoms with Crippen LogP contribution in [0.2, 0.25) is 0 Å². The predicted molar refractivity (Wildman–Crippen MR) is 69.6 cm³/mol. The number of rotatable bonds is 6. The summed E-state index contributed by atoms with van der Waals surface area (Å²) in [6.45, 7) is 7.07. The van der Waals surface area contributed by atoms with E-state index in [9.17, 15) is 4.79 Å². The van der Waals surface area contributed by atoms with Crippen molar-refractivity contribution < 1.29 is 9.53 Å². The van der Waals surface area contributed by atoms with Crippen molar-refractivity contribution in [2.75, 3.05) is 20.2 Å². The lowest BCUT2D eigenvalue weighted by molar-refractivity contribution is -0.116. The lowest BCUT2D eigenvalue weighted by Crippen LogP contribution is -2.35. The SMILES string of the molecule is COc1cccc(C(C)(C)CNCC(C)=O)c1. The van der Waals surface area contributed by atoms with Gasteiger partial charge in [-0.25, -0.2) is 0 Å². The monoisotopic (exact) mass is 235 g/mol. The molecule has 0 aliphatic carbocycles. The highest BCUT2D eigenvalue weighted by Crippen LogP contribution is 2.25. The third-order valence-electron chi connectivity index (χ3n) is 2.79. The lowest BCUT2D eigenvalue weighted by Gasteiger charge is -2.26. The summed E-state index contributed by atoms with van der Waals surface area (Å²) in [5, 5.41) is 3.17. The molecule has 0 radical (unpaired) electrons. The van der Waals surface area contributed by atoms with Gasteiger partial charge in [0.25, 0.3) is 0 Å². The first-order chi connectivity index (χ1) is 7.95. The molecule has 0 saturated heterocycles. The van der Waals surface area contributed by atoms with Crippen LogP contribution >= 0.6 is 0 Å². The first-order valence-corrected chi connectivity index (χ1v) is 5.80. The topological polar surface area (TPSA) is 38.3 Å². The van der Waals surface area contributed by atoms with Gasteiger partial charge in [0, 0.05) is 12.0 Å². The fourth-order valence-electron chi connectivity index (χ4n) is 1.70. The van der Waals surface area contributed by atoms with E-state index in [1.54, 1.807) is 14.0 Å². The Bertz CT molecular complexity index is 386. The number of ketones is 1. The van der Waals surface area contributed by atoms with Crippen LogP contribution in [0, 0.1) is 0 Å². The Morgan fingerprint density at radius 1 is 1.41 bits per heavy atom. The molecule has 0 atom stereocenters. The minimum Gasteiger partial charge on any atom is -0.497 e. The van der Waals surface area contributed by atoms with Crippen molar-refractivity contribution in [2.24, 2.45) is 0 Å². The van der Waals surface area contributed by atoms with Gasteiger partial charge in [0.05, 0.1) is 13.7 Å². The molecule has 0 aliphatic rings.